The largest absolute Gasteiger partial charge is 0.361 e. The van der Waals surface area contributed by atoms with Crippen molar-refractivity contribution in [3.8, 4) is 0 Å². The van der Waals surface area contributed by atoms with Gasteiger partial charge in [0, 0.05) is 17.8 Å². The van der Waals surface area contributed by atoms with Crippen molar-refractivity contribution in [1.29, 1.82) is 0 Å². The molecule has 2 fully saturated rings. The maximum Gasteiger partial charge on any atom is 0.170 e. The zero-order valence-electron chi connectivity index (χ0n) is 15.9. The summed E-state index contributed by atoms with van der Waals surface area (Å²) in [4.78, 5) is 2.77. The average molecular weight is 360 g/mol. The van der Waals surface area contributed by atoms with Crippen LogP contribution < -0.4 is 10.6 Å². The minimum Gasteiger partial charge on any atom is -0.361 e. The monoisotopic (exact) mass is 359 g/mol. The minimum absolute atomic E-state index is 0.312. The van der Waals surface area contributed by atoms with Crippen molar-refractivity contribution >= 4 is 23.0 Å². The van der Waals surface area contributed by atoms with E-state index < -0.39 is 0 Å². The maximum absolute atomic E-state index is 5.62. The molecule has 2 N–H and O–H groups in total. The highest BCUT2D eigenvalue weighted by Gasteiger charge is 2.38. The van der Waals surface area contributed by atoms with Crippen molar-refractivity contribution in [2.75, 3.05) is 25.0 Å². The molecule has 138 valence electrons. The summed E-state index contributed by atoms with van der Waals surface area (Å²) >= 11 is 5.62. The van der Waals surface area contributed by atoms with Gasteiger partial charge in [-0.25, -0.2) is 0 Å². The van der Waals surface area contributed by atoms with E-state index in [-0.39, 0.29) is 0 Å². The zero-order chi connectivity index (χ0) is 17.7. The van der Waals surface area contributed by atoms with Crippen molar-refractivity contribution in [3.63, 3.8) is 0 Å². The Bertz CT molecular complexity index is 587. The molecule has 0 radical (unpaired) electrons. The molecule has 3 rings (SSSR count). The van der Waals surface area contributed by atoms with E-state index in [1.807, 2.05) is 0 Å². The number of hydrogen-bond acceptors (Lipinski definition) is 2. The Morgan fingerprint density at radius 3 is 2.44 bits per heavy atom. The first-order valence-corrected chi connectivity index (χ1v) is 10.4. The Hall–Kier alpha value is -1.13. The molecule has 1 aromatic rings. The molecule has 0 unspecified atom stereocenters. The predicted octanol–water partition coefficient (Wildman–Crippen LogP) is 4.78. The number of piperidine rings is 1. The Morgan fingerprint density at radius 2 is 1.72 bits per heavy atom. The summed E-state index contributed by atoms with van der Waals surface area (Å²) in [6, 6.07) is 6.34. The minimum atomic E-state index is 0.312. The number of likely N-dealkylation sites (tertiary alicyclic amines) is 1. The van der Waals surface area contributed by atoms with Gasteiger partial charge in [0.05, 0.1) is 0 Å². The number of anilines is 1. The van der Waals surface area contributed by atoms with Gasteiger partial charge < -0.3 is 10.6 Å². The second-order valence-corrected chi connectivity index (χ2v) is 8.30. The Balaban J connectivity index is 1.62. The molecule has 1 aliphatic carbocycles. The molecule has 1 saturated heterocycles. The summed E-state index contributed by atoms with van der Waals surface area (Å²) in [7, 11) is 0. The standard InChI is InChI=1S/C21H33N3S/c1-17-10-9-11-19(18(17)2)23-20(25)22-16-21(12-5-3-6-13-21)24-14-7-4-8-15-24/h9-11H,3-8,12-16H2,1-2H3,(H2,22,23,25). The summed E-state index contributed by atoms with van der Waals surface area (Å²) < 4.78 is 0. The molecule has 1 saturated carbocycles. The molecule has 4 heteroatoms. The molecule has 1 aromatic carbocycles. The predicted molar refractivity (Wildman–Crippen MR) is 111 cm³/mol. The topological polar surface area (TPSA) is 27.3 Å². The van der Waals surface area contributed by atoms with Gasteiger partial charge in [0.15, 0.2) is 5.11 Å². The third-order valence-corrected chi connectivity index (χ3v) is 6.49. The number of thiocarbonyl (C=S) groups is 1. The van der Waals surface area contributed by atoms with Gasteiger partial charge in [-0.05, 0) is 82.0 Å². The molecule has 1 heterocycles. The number of nitrogens with one attached hydrogen (secondary N) is 2. The van der Waals surface area contributed by atoms with Crippen LogP contribution in [0.4, 0.5) is 5.69 Å². The third kappa shape index (κ3) is 4.53. The molecule has 2 aliphatic rings. The fraction of sp³-hybridized carbons (Fsp3) is 0.667. The van der Waals surface area contributed by atoms with Gasteiger partial charge in [-0.15, -0.1) is 0 Å². The first-order valence-electron chi connectivity index (χ1n) is 9.97. The van der Waals surface area contributed by atoms with Crippen LogP contribution in [0.25, 0.3) is 0 Å². The van der Waals surface area contributed by atoms with E-state index >= 15 is 0 Å². The van der Waals surface area contributed by atoms with Crippen molar-refractivity contribution in [1.82, 2.24) is 10.2 Å². The van der Waals surface area contributed by atoms with Crippen LogP contribution in [0.15, 0.2) is 18.2 Å². The van der Waals surface area contributed by atoms with Crippen LogP contribution in [0.3, 0.4) is 0 Å². The lowest BCUT2D eigenvalue weighted by Gasteiger charge is -2.48. The lowest BCUT2D eigenvalue weighted by Crippen LogP contribution is -2.58. The van der Waals surface area contributed by atoms with Gasteiger partial charge >= 0.3 is 0 Å². The van der Waals surface area contributed by atoms with E-state index in [2.05, 4.69) is 47.6 Å². The highest BCUT2D eigenvalue weighted by Crippen LogP contribution is 2.35. The van der Waals surface area contributed by atoms with Gasteiger partial charge in [0.2, 0.25) is 0 Å². The van der Waals surface area contributed by atoms with Crippen molar-refractivity contribution in [2.24, 2.45) is 0 Å². The van der Waals surface area contributed by atoms with Crippen molar-refractivity contribution in [2.45, 2.75) is 70.8 Å². The lowest BCUT2D eigenvalue weighted by atomic mass is 9.79. The van der Waals surface area contributed by atoms with E-state index in [1.54, 1.807) is 0 Å². The second kappa shape index (κ2) is 8.50. The Morgan fingerprint density at radius 1 is 1.04 bits per heavy atom. The second-order valence-electron chi connectivity index (χ2n) is 7.89. The quantitative estimate of drug-likeness (QED) is 0.757. The normalized spacial score (nSPS) is 20.9. The smallest absolute Gasteiger partial charge is 0.170 e. The molecule has 0 aromatic heterocycles. The molecule has 0 bridgehead atoms. The molecule has 1 aliphatic heterocycles. The van der Waals surface area contributed by atoms with E-state index in [0.29, 0.717) is 5.54 Å². The van der Waals surface area contributed by atoms with Crippen LogP contribution in [0.1, 0.15) is 62.5 Å². The van der Waals surface area contributed by atoms with Crippen LogP contribution in [0.2, 0.25) is 0 Å². The molecule has 0 amide bonds. The van der Waals surface area contributed by atoms with Crippen LogP contribution in [-0.4, -0.2) is 35.2 Å². The summed E-state index contributed by atoms with van der Waals surface area (Å²) in [5.74, 6) is 0. The van der Waals surface area contributed by atoms with Gasteiger partial charge in [0.1, 0.15) is 0 Å². The summed E-state index contributed by atoms with van der Waals surface area (Å²) in [5.41, 5.74) is 4.00. The first kappa shape index (κ1) is 18.7. The van der Waals surface area contributed by atoms with Gasteiger partial charge in [0.25, 0.3) is 0 Å². The number of rotatable bonds is 4. The first-order chi connectivity index (χ1) is 12.1. The maximum atomic E-state index is 5.62. The van der Waals surface area contributed by atoms with Gasteiger partial charge in [-0.3, -0.25) is 4.90 Å². The average Bonchev–Trinajstić information content (AvgIpc) is 2.65. The molecule has 25 heavy (non-hydrogen) atoms. The van der Waals surface area contributed by atoms with Crippen LogP contribution in [0.5, 0.6) is 0 Å². The molecular formula is C21H33N3S. The van der Waals surface area contributed by atoms with Crippen LogP contribution >= 0.6 is 12.2 Å². The van der Waals surface area contributed by atoms with E-state index in [1.165, 1.54) is 75.6 Å². The van der Waals surface area contributed by atoms with E-state index in [0.717, 1.165) is 17.3 Å². The molecule has 0 spiro atoms. The molecule has 0 atom stereocenters. The van der Waals surface area contributed by atoms with Crippen LogP contribution in [-0.2, 0) is 0 Å². The number of benzene rings is 1. The summed E-state index contributed by atoms with van der Waals surface area (Å²) in [6.07, 6.45) is 10.8. The van der Waals surface area contributed by atoms with E-state index in [9.17, 15) is 0 Å². The highest BCUT2D eigenvalue weighted by molar-refractivity contribution is 7.80. The lowest BCUT2D eigenvalue weighted by molar-refractivity contribution is 0.0371. The highest BCUT2D eigenvalue weighted by atomic mass is 32.1. The Kier molecular flexibility index (Phi) is 6.34. The van der Waals surface area contributed by atoms with E-state index in [4.69, 9.17) is 12.2 Å². The molecule has 3 nitrogen and oxygen atoms in total. The SMILES string of the molecule is Cc1cccc(NC(=S)NCC2(N3CCCCC3)CCCCC2)c1C. The zero-order valence-corrected chi connectivity index (χ0v) is 16.7. The van der Waals surface area contributed by atoms with Crippen molar-refractivity contribution < 1.29 is 0 Å². The fourth-order valence-electron chi connectivity index (χ4n) is 4.48. The van der Waals surface area contributed by atoms with Gasteiger partial charge in [-0.2, -0.15) is 0 Å². The summed E-state index contributed by atoms with van der Waals surface area (Å²) in [5, 5.41) is 7.74. The third-order valence-electron chi connectivity index (χ3n) is 6.24. The molecular weight excluding hydrogens is 326 g/mol. The van der Waals surface area contributed by atoms with Crippen LogP contribution in [0, 0.1) is 13.8 Å². The number of nitrogens with zero attached hydrogens (tertiary/aromatic N) is 1. The number of hydrogen-bond donors (Lipinski definition) is 2. The summed E-state index contributed by atoms with van der Waals surface area (Å²) in [6.45, 7) is 7.79. The Labute approximate surface area is 158 Å². The fourth-order valence-corrected chi connectivity index (χ4v) is 4.66. The number of aryl methyl sites for hydroxylation is 1. The van der Waals surface area contributed by atoms with Crippen molar-refractivity contribution in [3.05, 3.63) is 29.3 Å². The van der Waals surface area contributed by atoms with Gasteiger partial charge in [-0.1, -0.05) is 37.8 Å².